The van der Waals surface area contributed by atoms with E-state index in [4.69, 9.17) is 0 Å². The van der Waals surface area contributed by atoms with E-state index in [9.17, 15) is 4.39 Å². The Hall–Kier alpha value is -1.62. The van der Waals surface area contributed by atoms with Gasteiger partial charge in [-0.2, -0.15) is 11.8 Å². The average molecular weight is 289 g/mol. The molecule has 0 aliphatic carbocycles. The first-order chi connectivity index (χ1) is 9.69. The summed E-state index contributed by atoms with van der Waals surface area (Å²) >= 11 is 1.84. The van der Waals surface area contributed by atoms with Crippen molar-refractivity contribution in [1.29, 1.82) is 0 Å². The van der Waals surface area contributed by atoms with Gasteiger partial charge in [0.1, 0.15) is 11.6 Å². The van der Waals surface area contributed by atoms with Crippen molar-refractivity contribution in [3.05, 3.63) is 40.8 Å². The van der Waals surface area contributed by atoms with Crippen LogP contribution in [0.5, 0.6) is 0 Å². The van der Waals surface area contributed by atoms with Crippen LogP contribution in [0.1, 0.15) is 23.7 Å². The van der Waals surface area contributed by atoms with Crippen LogP contribution in [0.15, 0.2) is 18.2 Å². The lowest BCUT2D eigenvalue weighted by Crippen LogP contribution is -2.06. The summed E-state index contributed by atoms with van der Waals surface area (Å²) in [6.07, 6.45) is 0. The highest BCUT2D eigenvalue weighted by Gasteiger charge is 2.20. The third-order valence-electron chi connectivity index (χ3n) is 3.35. The van der Waals surface area contributed by atoms with Crippen molar-refractivity contribution in [1.82, 2.24) is 9.97 Å². The minimum absolute atomic E-state index is 0.217. The van der Waals surface area contributed by atoms with Gasteiger partial charge in [-0.1, -0.05) is 12.1 Å². The lowest BCUT2D eigenvalue weighted by molar-refractivity contribution is 0.619. The Kier molecular flexibility index (Phi) is 3.61. The molecule has 0 spiro atoms. The van der Waals surface area contributed by atoms with E-state index in [0.29, 0.717) is 11.4 Å². The molecule has 1 aliphatic rings. The number of hydrogen-bond acceptors (Lipinski definition) is 4. The average Bonchev–Trinajstić information content (AvgIpc) is 2.90. The van der Waals surface area contributed by atoms with Crippen molar-refractivity contribution in [3.8, 4) is 11.4 Å². The monoisotopic (exact) mass is 289 g/mol. The zero-order chi connectivity index (χ0) is 14.1. The number of aryl methyl sites for hydroxylation is 1. The van der Waals surface area contributed by atoms with Crippen molar-refractivity contribution in [2.45, 2.75) is 25.4 Å². The highest BCUT2D eigenvalue weighted by Crippen LogP contribution is 2.34. The lowest BCUT2D eigenvalue weighted by atomic mass is 10.1. The highest BCUT2D eigenvalue weighted by atomic mass is 32.2. The minimum atomic E-state index is -0.217. The van der Waals surface area contributed by atoms with E-state index in [0.717, 1.165) is 35.1 Å². The number of rotatable bonds is 3. The first-order valence-electron chi connectivity index (χ1n) is 6.67. The molecule has 0 radical (unpaired) electrons. The zero-order valence-corrected chi connectivity index (χ0v) is 12.4. The summed E-state index contributed by atoms with van der Waals surface area (Å²) in [6.45, 7) is 4.61. The maximum atomic E-state index is 13.7. The van der Waals surface area contributed by atoms with Gasteiger partial charge in [0.05, 0.1) is 5.69 Å². The van der Waals surface area contributed by atoms with Crippen LogP contribution < -0.4 is 5.32 Å². The number of aromatic nitrogens is 2. The first-order valence-corrected chi connectivity index (χ1v) is 7.82. The van der Waals surface area contributed by atoms with Gasteiger partial charge in [-0.05, 0) is 25.5 Å². The van der Waals surface area contributed by atoms with E-state index < -0.39 is 0 Å². The Balaban J connectivity index is 2.09. The Bertz CT molecular complexity index is 658. The molecule has 0 saturated carbocycles. The SMILES string of the molecule is CCNc1nc(-c2ccc(C)c(F)c2)nc2c1CSC2. The fraction of sp³-hybridized carbons (Fsp3) is 0.333. The smallest absolute Gasteiger partial charge is 0.161 e. The summed E-state index contributed by atoms with van der Waals surface area (Å²) in [7, 11) is 0. The van der Waals surface area contributed by atoms with Crippen molar-refractivity contribution in [2.24, 2.45) is 0 Å². The Morgan fingerprint density at radius 1 is 1.30 bits per heavy atom. The Morgan fingerprint density at radius 2 is 2.15 bits per heavy atom. The maximum absolute atomic E-state index is 13.7. The van der Waals surface area contributed by atoms with Gasteiger partial charge in [0.15, 0.2) is 5.82 Å². The molecule has 0 bridgehead atoms. The van der Waals surface area contributed by atoms with Crippen LogP contribution in [0.3, 0.4) is 0 Å². The second kappa shape index (κ2) is 5.40. The molecule has 0 amide bonds. The summed E-state index contributed by atoms with van der Waals surface area (Å²) in [5, 5.41) is 3.29. The molecule has 3 rings (SSSR count). The molecule has 20 heavy (non-hydrogen) atoms. The van der Waals surface area contributed by atoms with E-state index >= 15 is 0 Å². The lowest BCUT2D eigenvalue weighted by Gasteiger charge is -2.11. The van der Waals surface area contributed by atoms with Crippen LogP contribution in [-0.2, 0) is 11.5 Å². The number of thioether (sulfide) groups is 1. The molecule has 104 valence electrons. The largest absolute Gasteiger partial charge is 0.370 e. The van der Waals surface area contributed by atoms with Crippen molar-refractivity contribution < 1.29 is 4.39 Å². The van der Waals surface area contributed by atoms with Gasteiger partial charge < -0.3 is 5.32 Å². The Morgan fingerprint density at radius 3 is 2.90 bits per heavy atom. The molecule has 2 aromatic rings. The third kappa shape index (κ3) is 2.38. The van der Waals surface area contributed by atoms with Gasteiger partial charge in [0, 0.05) is 29.2 Å². The van der Waals surface area contributed by atoms with Gasteiger partial charge in [0.25, 0.3) is 0 Å². The molecule has 0 fully saturated rings. The predicted octanol–water partition coefficient (Wildman–Crippen LogP) is 3.77. The quantitative estimate of drug-likeness (QED) is 0.933. The highest BCUT2D eigenvalue weighted by molar-refractivity contribution is 7.98. The Labute approximate surface area is 122 Å². The third-order valence-corrected chi connectivity index (χ3v) is 4.32. The molecule has 0 atom stereocenters. The number of anilines is 1. The van der Waals surface area contributed by atoms with E-state index in [-0.39, 0.29) is 5.82 Å². The second-order valence-corrected chi connectivity index (χ2v) is 5.79. The standard InChI is InChI=1S/C15H16FN3S/c1-3-17-15-11-7-20-8-13(11)18-14(19-15)10-5-4-9(2)12(16)6-10/h4-6H,3,7-8H2,1-2H3,(H,17,18,19). The number of nitrogens with one attached hydrogen (secondary N) is 1. The van der Waals surface area contributed by atoms with Crippen LogP contribution in [0.2, 0.25) is 0 Å². The van der Waals surface area contributed by atoms with Gasteiger partial charge in [-0.3, -0.25) is 0 Å². The van der Waals surface area contributed by atoms with Crippen LogP contribution in [-0.4, -0.2) is 16.5 Å². The molecule has 2 heterocycles. The number of fused-ring (bicyclic) bond motifs is 1. The van der Waals surface area contributed by atoms with E-state index in [1.54, 1.807) is 13.0 Å². The molecule has 5 heteroatoms. The molecule has 1 aliphatic heterocycles. The number of benzene rings is 1. The minimum Gasteiger partial charge on any atom is -0.370 e. The summed E-state index contributed by atoms with van der Waals surface area (Å²) in [4.78, 5) is 9.17. The van der Waals surface area contributed by atoms with Crippen molar-refractivity contribution >= 4 is 17.6 Å². The fourth-order valence-corrected chi connectivity index (χ4v) is 3.27. The predicted molar refractivity (Wildman–Crippen MR) is 81.3 cm³/mol. The zero-order valence-electron chi connectivity index (χ0n) is 11.5. The summed E-state index contributed by atoms with van der Waals surface area (Å²) in [5.74, 6) is 3.11. The van der Waals surface area contributed by atoms with E-state index in [1.165, 1.54) is 11.6 Å². The molecule has 1 aromatic heterocycles. The van der Waals surface area contributed by atoms with Crippen LogP contribution in [0.25, 0.3) is 11.4 Å². The topological polar surface area (TPSA) is 37.8 Å². The van der Waals surface area contributed by atoms with E-state index in [1.807, 2.05) is 24.8 Å². The molecular formula is C15H16FN3S. The van der Waals surface area contributed by atoms with Crippen LogP contribution >= 0.6 is 11.8 Å². The second-order valence-electron chi connectivity index (χ2n) is 4.81. The van der Waals surface area contributed by atoms with Crippen molar-refractivity contribution in [2.75, 3.05) is 11.9 Å². The molecule has 0 saturated heterocycles. The number of halogens is 1. The summed E-state index contributed by atoms with van der Waals surface area (Å²) in [6, 6.07) is 5.15. The van der Waals surface area contributed by atoms with Crippen molar-refractivity contribution in [3.63, 3.8) is 0 Å². The summed E-state index contributed by atoms with van der Waals surface area (Å²) < 4.78 is 13.7. The molecule has 1 N–H and O–H groups in total. The fourth-order valence-electron chi connectivity index (χ4n) is 2.23. The maximum Gasteiger partial charge on any atom is 0.161 e. The molecule has 0 unspecified atom stereocenters. The van der Waals surface area contributed by atoms with E-state index in [2.05, 4.69) is 15.3 Å². The molecular weight excluding hydrogens is 273 g/mol. The van der Waals surface area contributed by atoms with Gasteiger partial charge in [0.2, 0.25) is 0 Å². The van der Waals surface area contributed by atoms with Crippen LogP contribution in [0, 0.1) is 12.7 Å². The molecule has 3 nitrogen and oxygen atoms in total. The normalized spacial score (nSPS) is 13.3. The number of hydrogen-bond donors (Lipinski definition) is 1. The molecule has 1 aromatic carbocycles. The summed E-state index contributed by atoms with van der Waals surface area (Å²) in [5.41, 5.74) is 3.62. The first kappa shape index (κ1) is 13.4. The van der Waals surface area contributed by atoms with Crippen LogP contribution in [0.4, 0.5) is 10.2 Å². The number of nitrogens with zero attached hydrogens (tertiary/aromatic N) is 2. The van der Waals surface area contributed by atoms with Gasteiger partial charge in [-0.25, -0.2) is 14.4 Å². The van der Waals surface area contributed by atoms with Gasteiger partial charge >= 0.3 is 0 Å². The van der Waals surface area contributed by atoms with Gasteiger partial charge in [-0.15, -0.1) is 0 Å².